The topological polar surface area (TPSA) is 64.1 Å². The molecule has 14 heavy (non-hydrogen) atoms. The van der Waals surface area contributed by atoms with Crippen LogP contribution in [-0.4, -0.2) is 5.16 Å². The number of hydrogen-bond donors (Lipinski definition) is 2. The van der Waals surface area contributed by atoms with Gasteiger partial charge >= 0.3 is 0 Å². The molecule has 2 aromatic rings. The molecule has 1 aromatic heterocycles. The van der Waals surface area contributed by atoms with E-state index in [1.54, 1.807) is 6.20 Å². The van der Waals surface area contributed by atoms with Gasteiger partial charge in [-0.25, -0.2) is 0 Å². The van der Waals surface area contributed by atoms with Crippen LogP contribution in [0.5, 0.6) is 0 Å². The maximum Gasteiger partial charge on any atom is 0.157 e. The minimum absolute atomic E-state index is 0.702. The maximum atomic E-state index is 5.77. The number of nitrogens with two attached hydrogens (primary N) is 1. The summed E-state index contributed by atoms with van der Waals surface area (Å²) in [4.78, 5) is 0. The van der Waals surface area contributed by atoms with Gasteiger partial charge in [-0.3, -0.25) is 0 Å². The largest absolute Gasteiger partial charge is 0.397 e. The van der Waals surface area contributed by atoms with E-state index >= 15 is 0 Å². The molecule has 0 unspecified atom stereocenters. The fourth-order valence-corrected chi connectivity index (χ4v) is 1.17. The van der Waals surface area contributed by atoms with Crippen LogP contribution in [-0.2, 0) is 0 Å². The van der Waals surface area contributed by atoms with Crippen molar-refractivity contribution >= 4 is 17.1 Å². The highest BCUT2D eigenvalue weighted by Gasteiger charge is 2.04. The van der Waals surface area contributed by atoms with Crippen molar-refractivity contribution in [2.75, 3.05) is 11.1 Å². The van der Waals surface area contributed by atoms with Crippen molar-refractivity contribution in [3.63, 3.8) is 0 Å². The Morgan fingerprint density at radius 2 is 2.07 bits per heavy atom. The molecule has 1 heterocycles. The molecule has 0 radical (unpaired) electrons. The number of nitrogen functional groups attached to an aromatic ring is 1. The van der Waals surface area contributed by atoms with E-state index in [2.05, 4.69) is 10.5 Å². The van der Waals surface area contributed by atoms with Gasteiger partial charge in [-0.2, -0.15) is 0 Å². The predicted molar refractivity (Wildman–Crippen MR) is 55.4 cm³/mol. The van der Waals surface area contributed by atoms with Crippen molar-refractivity contribution in [2.45, 2.75) is 6.92 Å². The summed E-state index contributed by atoms with van der Waals surface area (Å²) in [5.41, 5.74) is 8.17. The van der Waals surface area contributed by atoms with Gasteiger partial charge in [-0.05, 0) is 19.1 Å². The van der Waals surface area contributed by atoms with Gasteiger partial charge in [-0.1, -0.05) is 17.3 Å². The molecule has 0 atom stereocenters. The average Bonchev–Trinajstić information content (AvgIpc) is 2.56. The third kappa shape index (κ3) is 1.54. The summed E-state index contributed by atoms with van der Waals surface area (Å²) in [6, 6.07) is 7.55. The molecule has 0 saturated heterocycles. The van der Waals surface area contributed by atoms with Crippen molar-refractivity contribution in [3.05, 3.63) is 36.2 Å². The van der Waals surface area contributed by atoms with E-state index in [0.29, 0.717) is 5.69 Å². The second-order valence-electron chi connectivity index (χ2n) is 3.01. The molecule has 0 aliphatic rings. The molecule has 0 saturated carbocycles. The van der Waals surface area contributed by atoms with Gasteiger partial charge in [0.05, 0.1) is 17.6 Å². The normalized spacial score (nSPS) is 10.1. The monoisotopic (exact) mass is 189 g/mol. The van der Waals surface area contributed by atoms with Crippen molar-refractivity contribution in [3.8, 4) is 0 Å². The number of nitrogens with zero attached hydrogens (tertiary/aromatic N) is 1. The van der Waals surface area contributed by atoms with Gasteiger partial charge in [0.15, 0.2) is 5.76 Å². The Morgan fingerprint density at radius 3 is 2.71 bits per heavy atom. The lowest BCUT2D eigenvalue weighted by Crippen LogP contribution is -1.95. The molecule has 2 rings (SSSR count). The van der Waals surface area contributed by atoms with Gasteiger partial charge in [-0.15, -0.1) is 0 Å². The Morgan fingerprint density at radius 1 is 1.29 bits per heavy atom. The first-order valence-electron chi connectivity index (χ1n) is 4.30. The molecule has 4 heteroatoms. The van der Waals surface area contributed by atoms with E-state index in [1.807, 2.05) is 31.2 Å². The standard InChI is InChI=1S/C10H11N3O/c1-7-10(6-12-14-7)13-9-5-3-2-4-8(9)11/h2-6,13H,11H2,1H3. The summed E-state index contributed by atoms with van der Waals surface area (Å²) >= 11 is 0. The number of hydrogen-bond acceptors (Lipinski definition) is 4. The average molecular weight is 189 g/mol. The van der Waals surface area contributed by atoms with Gasteiger partial charge in [0.25, 0.3) is 0 Å². The zero-order valence-electron chi connectivity index (χ0n) is 7.82. The van der Waals surface area contributed by atoms with Crippen LogP contribution in [0.4, 0.5) is 17.1 Å². The lowest BCUT2D eigenvalue weighted by molar-refractivity contribution is 0.398. The number of anilines is 3. The molecule has 0 spiro atoms. The number of aryl methyl sites for hydroxylation is 1. The number of para-hydroxylation sites is 2. The van der Waals surface area contributed by atoms with Crippen molar-refractivity contribution < 1.29 is 4.52 Å². The first-order chi connectivity index (χ1) is 6.77. The Bertz CT molecular complexity index is 436. The molecule has 4 nitrogen and oxygen atoms in total. The summed E-state index contributed by atoms with van der Waals surface area (Å²) in [7, 11) is 0. The molecular formula is C10H11N3O. The summed E-state index contributed by atoms with van der Waals surface area (Å²) in [5.74, 6) is 0.744. The number of aromatic nitrogens is 1. The molecular weight excluding hydrogens is 178 g/mol. The number of nitrogens with one attached hydrogen (secondary N) is 1. The maximum absolute atomic E-state index is 5.77. The fourth-order valence-electron chi connectivity index (χ4n) is 1.17. The highest BCUT2D eigenvalue weighted by molar-refractivity contribution is 5.72. The van der Waals surface area contributed by atoms with Crippen LogP contribution in [0.25, 0.3) is 0 Å². The molecule has 0 aliphatic heterocycles. The number of rotatable bonds is 2. The van der Waals surface area contributed by atoms with E-state index in [4.69, 9.17) is 10.3 Å². The minimum Gasteiger partial charge on any atom is -0.397 e. The summed E-state index contributed by atoms with van der Waals surface area (Å²) in [6.07, 6.45) is 1.63. The molecule has 0 aliphatic carbocycles. The number of benzene rings is 1. The SMILES string of the molecule is Cc1oncc1Nc1ccccc1N. The highest BCUT2D eigenvalue weighted by atomic mass is 16.5. The zero-order valence-corrected chi connectivity index (χ0v) is 7.82. The van der Waals surface area contributed by atoms with Crippen LogP contribution in [0, 0.1) is 6.92 Å². The van der Waals surface area contributed by atoms with E-state index < -0.39 is 0 Å². The second-order valence-corrected chi connectivity index (χ2v) is 3.01. The molecule has 0 fully saturated rings. The van der Waals surface area contributed by atoms with E-state index in [9.17, 15) is 0 Å². The van der Waals surface area contributed by atoms with Crippen molar-refractivity contribution in [1.29, 1.82) is 0 Å². The summed E-state index contributed by atoms with van der Waals surface area (Å²) in [5, 5.41) is 6.81. The van der Waals surface area contributed by atoms with Crippen molar-refractivity contribution in [1.82, 2.24) is 5.16 Å². The van der Waals surface area contributed by atoms with Crippen molar-refractivity contribution in [2.24, 2.45) is 0 Å². The van der Waals surface area contributed by atoms with Crippen LogP contribution < -0.4 is 11.1 Å². The Hall–Kier alpha value is -1.97. The Labute approximate surface area is 81.7 Å². The molecule has 0 bridgehead atoms. The van der Waals surface area contributed by atoms with E-state index in [-0.39, 0.29) is 0 Å². The van der Waals surface area contributed by atoms with Gasteiger partial charge in [0, 0.05) is 0 Å². The summed E-state index contributed by atoms with van der Waals surface area (Å²) < 4.78 is 4.92. The third-order valence-electron chi connectivity index (χ3n) is 1.98. The van der Waals surface area contributed by atoms with Crippen LogP contribution >= 0.6 is 0 Å². The van der Waals surface area contributed by atoms with Crippen LogP contribution in [0.15, 0.2) is 35.0 Å². The third-order valence-corrected chi connectivity index (χ3v) is 1.98. The van der Waals surface area contributed by atoms with E-state index in [0.717, 1.165) is 17.1 Å². The second kappa shape index (κ2) is 3.41. The minimum atomic E-state index is 0.702. The molecule has 0 amide bonds. The highest BCUT2D eigenvalue weighted by Crippen LogP contribution is 2.24. The van der Waals surface area contributed by atoms with Crippen LogP contribution in [0.1, 0.15) is 5.76 Å². The molecule has 1 aromatic carbocycles. The van der Waals surface area contributed by atoms with E-state index in [1.165, 1.54) is 0 Å². The zero-order chi connectivity index (χ0) is 9.97. The fraction of sp³-hybridized carbons (Fsp3) is 0.100. The van der Waals surface area contributed by atoms with Gasteiger partial charge < -0.3 is 15.6 Å². The smallest absolute Gasteiger partial charge is 0.157 e. The Kier molecular flexibility index (Phi) is 2.10. The van der Waals surface area contributed by atoms with Crippen LogP contribution in [0.3, 0.4) is 0 Å². The van der Waals surface area contributed by atoms with Crippen LogP contribution in [0.2, 0.25) is 0 Å². The lowest BCUT2D eigenvalue weighted by atomic mass is 10.2. The first kappa shape index (κ1) is 8.62. The molecule has 72 valence electrons. The first-order valence-corrected chi connectivity index (χ1v) is 4.30. The Balaban J connectivity index is 2.28. The predicted octanol–water partition coefficient (Wildman–Crippen LogP) is 2.31. The molecule has 3 N–H and O–H groups in total. The quantitative estimate of drug-likeness (QED) is 0.711. The van der Waals surface area contributed by atoms with Gasteiger partial charge in [0.1, 0.15) is 5.69 Å². The lowest BCUT2D eigenvalue weighted by Gasteiger charge is -2.06. The summed E-state index contributed by atoms with van der Waals surface area (Å²) in [6.45, 7) is 1.84. The van der Waals surface area contributed by atoms with Gasteiger partial charge in [0.2, 0.25) is 0 Å².